The van der Waals surface area contributed by atoms with E-state index in [1.54, 1.807) is 6.07 Å². The molecule has 80 valence electrons. The molecule has 0 unspecified atom stereocenters. The van der Waals surface area contributed by atoms with Crippen LogP contribution in [-0.4, -0.2) is 13.1 Å². The Balaban J connectivity index is 2.21. The van der Waals surface area contributed by atoms with Crippen molar-refractivity contribution in [3.8, 4) is 0 Å². The van der Waals surface area contributed by atoms with Crippen molar-refractivity contribution in [2.24, 2.45) is 0 Å². The minimum atomic E-state index is -0.194. The second-order valence-electron chi connectivity index (χ2n) is 3.79. The third-order valence-corrected chi connectivity index (χ3v) is 2.92. The molecule has 0 aromatic heterocycles. The van der Waals surface area contributed by atoms with Gasteiger partial charge in [0, 0.05) is 11.0 Å². The molecule has 2 rings (SSSR count). The summed E-state index contributed by atoms with van der Waals surface area (Å²) in [5, 5.41) is 3.31. The lowest BCUT2D eigenvalue weighted by Crippen LogP contribution is -2.23. The number of halogens is 2. The highest BCUT2D eigenvalue weighted by molar-refractivity contribution is 9.10. The Morgan fingerprint density at radius 3 is 2.87 bits per heavy atom. The fraction of sp³-hybridized carbons (Fsp3) is 0.333. The number of hydrogen-bond donors (Lipinski definition) is 1. The van der Waals surface area contributed by atoms with Crippen LogP contribution in [0.25, 0.3) is 6.08 Å². The standard InChI is InChI=1S/C12H13BrFN/c13-11-5-10(6-12(14)7-11)4-9-2-1-3-15-8-9/h4-7,15H,1-3,8H2. The van der Waals surface area contributed by atoms with Gasteiger partial charge in [0.15, 0.2) is 0 Å². The first-order valence-electron chi connectivity index (χ1n) is 5.10. The summed E-state index contributed by atoms with van der Waals surface area (Å²) in [5.41, 5.74) is 2.28. The van der Waals surface area contributed by atoms with Crippen molar-refractivity contribution in [1.29, 1.82) is 0 Å². The van der Waals surface area contributed by atoms with Gasteiger partial charge in [0.1, 0.15) is 5.82 Å². The number of hydrogen-bond acceptors (Lipinski definition) is 1. The molecule has 1 aliphatic heterocycles. The van der Waals surface area contributed by atoms with Crippen molar-refractivity contribution in [2.45, 2.75) is 12.8 Å². The summed E-state index contributed by atoms with van der Waals surface area (Å²) in [7, 11) is 0. The van der Waals surface area contributed by atoms with Crippen molar-refractivity contribution < 1.29 is 4.39 Å². The van der Waals surface area contributed by atoms with Crippen LogP contribution in [0.5, 0.6) is 0 Å². The maximum atomic E-state index is 13.1. The van der Waals surface area contributed by atoms with Gasteiger partial charge in [-0.15, -0.1) is 0 Å². The summed E-state index contributed by atoms with van der Waals surface area (Å²) in [5.74, 6) is -0.194. The average molecular weight is 270 g/mol. The fourth-order valence-electron chi connectivity index (χ4n) is 1.80. The molecule has 0 spiro atoms. The van der Waals surface area contributed by atoms with Gasteiger partial charge in [0.05, 0.1) is 0 Å². The Kier molecular flexibility index (Phi) is 3.54. The van der Waals surface area contributed by atoms with E-state index in [0.29, 0.717) is 0 Å². The van der Waals surface area contributed by atoms with Crippen LogP contribution in [0.1, 0.15) is 18.4 Å². The van der Waals surface area contributed by atoms with E-state index in [0.717, 1.165) is 29.5 Å². The maximum Gasteiger partial charge on any atom is 0.124 e. The van der Waals surface area contributed by atoms with Crippen LogP contribution >= 0.6 is 15.9 Å². The van der Waals surface area contributed by atoms with E-state index in [9.17, 15) is 4.39 Å². The molecule has 3 heteroatoms. The largest absolute Gasteiger partial charge is 0.313 e. The number of piperidine rings is 1. The van der Waals surface area contributed by atoms with E-state index in [2.05, 4.69) is 27.3 Å². The number of nitrogens with one attached hydrogen (secondary N) is 1. The monoisotopic (exact) mass is 269 g/mol. The predicted octanol–water partition coefficient (Wildman–Crippen LogP) is 3.36. The molecule has 1 heterocycles. The van der Waals surface area contributed by atoms with Crippen molar-refractivity contribution in [1.82, 2.24) is 5.32 Å². The molecular formula is C12H13BrFN. The minimum absolute atomic E-state index is 0.194. The summed E-state index contributed by atoms with van der Waals surface area (Å²) in [4.78, 5) is 0. The average Bonchev–Trinajstić information content (AvgIpc) is 2.17. The van der Waals surface area contributed by atoms with Crippen LogP contribution in [0, 0.1) is 5.82 Å². The highest BCUT2D eigenvalue weighted by Crippen LogP contribution is 2.19. The molecule has 15 heavy (non-hydrogen) atoms. The van der Waals surface area contributed by atoms with E-state index in [1.807, 2.05) is 6.07 Å². The Bertz CT molecular complexity index is 359. The van der Waals surface area contributed by atoms with Gasteiger partial charge in [-0.05, 0) is 43.1 Å². The quantitative estimate of drug-likeness (QED) is 0.825. The SMILES string of the molecule is Fc1cc(Br)cc(C=C2CCCNC2)c1. The van der Waals surface area contributed by atoms with Crippen LogP contribution in [0.4, 0.5) is 4.39 Å². The van der Waals surface area contributed by atoms with Gasteiger partial charge in [0.2, 0.25) is 0 Å². The molecular weight excluding hydrogens is 257 g/mol. The van der Waals surface area contributed by atoms with Gasteiger partial charge >= 0.3 is 0 Å². The van der Waals surface area contributed by atoms with Crippen molar-refractivity contribution in [3.05, 3.63) is 39.6 Å². The Morgan fingerprint density at radius 2 is 2.20 bits per heavy atom. The van der Waals surface area contributed by atoms with Crippen molar-refractivity contribution in [3.63, 3.8) is 0 Å². The molecule has 0 aliphatic carbocycles. The molecule has 1 aromatic rings. The molecule has 0 saturated carbocycles. The molecule has 0 amide bonds. The molecule has 1 aromatic carbocycles. The third kappa shape index (κ3) is 3.14. The molecule has 1 fully saturated rings. The summed E-state index contributed by atoms with van der Waals surface area (Å²) in [6.45, 7) is 2.01. The lowest BCUT2D eigenvalue weighted by atomic mass is 10.0. The first-order valence-corrected chi connectivity index (χ1v) is 5.89. The van der Waals surface area contributed by atoms with Crippen molar-refractivity contribution >= 4 is 22.0 Å². The molecule has 1 N–H and O–H groups in total. The highest BCUT2D eigenvalue weighted by atomic mass is 79.9. The van der Waals surface area contributed by atoms with E-state index in [-0.39, 0.29) is 5.82 Å². The normalized spacial score (nSPS) is 19.5. The maximum absolute atomic E-state index is 13.1. The summed E-state index contributed by atoms with van der Waals surface area (Å²) in [6.07, 6.45) is 4.35. The first-order chi connectivity index (χ1) is 7.24. The third-order valence-electron chi connectivity index (χ3n) is 2.46. The van der Waals surface area contributed by atoms with Gasteiger partial charge in [-0.1, -0.05) is 27.6 Å². The van der Waals surface area contributed by atoms with Crippen LogP contribution in [0.3, 0.4) is 0 Å². The molecule has 0 radical (unpaired) electrons. The van der Waals surface area contributed by atoms with Crippen molar-refractivity contribution in [2.75, 3.05) is 13.1 Å². The zero-order chi connectivity index (χ0) is 10.7. The molecule has 0 bridgehead atoms. The molecule has 1 nitrogen and oxygen atoms in total. The molecule has 1 saturated heterocycles. The Morgan fingerprint density at radius 1 is 1.33 bits per heavy atom. The summed E-state index contributed by atoms with van der Waals surface area (Å²) in [6, 6.07) is 4.97. The van der Waals surface area contributed by atoms with Crippen LogP contribution in [0.15, 0.2) is 28.2 Å². The van der Waals surface area contributed by atoms with E-state index >= 15 is 0 Å². The van der Waals surface area contributed by atoms with Gasteiger partial charge in [-0.25, -0.2) is 4.39 Å². The zero-order valence-corrected chi connectivity index (χ0v) is 9.98. The summed E-state index contributed by atoms with van der Waals surface area (Å²) < 4.78 is 13.9. The van der Waals surface area contributed by atoms with Gasteiger partial charge in [-0.3, -0.25) is 0 Å². The lowest BCUT2D eigenvalue weighted by Gasteiger charge is -2.15. The van der Waals surface area contributed by atoms with Crippen LogP contribution < -0.4 is 5.32 Å². The first kappa shape index (κ1) is 10.8. The van der Waals surface area contributed by atoms with Gasteiger partial charge in [-0.2, -0.15) is 0 Å². The van der Waals surface area contributed by atoms with Gasteiger partial charge < -0.3 is 5.32 Å². The number of rotatable bonds is 1. The smallest absolute Gasteiger partial charge is 0.124 e. The van der Waals surface area contributed by atoms with Crippen LogP contribution in [0.2, 0.25) is 0 Å². The predicted molar refractivity (Wildman–Crippen MR) is 64.2 cm³/mol. The number of benzene rings is 1. The van der Waals surface area contributed by atoms with E-state index in [1.165, 1.54) is 18.1 Å². The minimum Gasteiger partial charge on any atom is -0.313 e. The fourth-order valence-corrected chi connectivity index (χ4v) is 2.28. The van der Waals surface area contributed by atoms with E-state index < -0.39 is 0 Å². The van der Waals surface area contributed by atoms with Crippen LogP contribution in [-0.2, 0) is 0 Å². The lowest BCUT2D eigenvalue weighted by molar-refractivity contribution is 0.612. The Hall–Kier alpha value is -0.670. The summed E-state index contributed by atoms with van der Waals surface area (Å²) >= 11 is 3.29. The van der Waals surface area contributed by atoms with Gasteiger partial charge in [0.25, 0.3) is 0 Å². The second-order valence-corrected chi connectivity index (χ2v) is 4.70. The zero-order valence-electron chi connectivity index (χ0n) is 8.39. The highest BCUT2D eigenvalue weighted by Gasteiger charge is 2.04. The molecule has 0 atom stereocenters. The van der Waals surface area contributed by atoms with E-state index in [4.69, 9.17) is 0 Å². The second kappa shape index (κ2) is 4.90. The topological polar surface area (TPSA) is 12.0 Å². The molecule has 1 aliphatic rings. The Labute approximate surface area is 97.5 Å².